The Morgan fingerprint density at radius 2 is 1.65 bits per heavy atom. The van der Waals surface area contributed by atoms with E-state index >= 15 is 0 Å². The molecule has 0 aliphatic heterocycles. The van der Waals surface area contributed by atoms with Crippen LogP contribution in [0, 0.1) is 6.92 Å². The van der Waals surface area contributed by atoms with Crippen LogP contribution in [0.4, 0.5) is 0 Å². The van der Waals surface area contributed by atoms with Crippen molar-refractivity contribution in [3.63, 3.8) is 0 Å². The van der Waals surface area contributed by atoms with E-state index in [-0.39, 0.29) is 0 Å². The van der Waals surface area contributed by atoms with Crippen LogP contribution in [-0.4, -0.2) is 5.11 Å². The summed E-state index contributed by atoms with van der Waals surface area (Å²) in [4.78, 5) is 0.783. The normalized spacial score (nSPS) is 12.8. The average molecular weight is 308 g/mol. The first kappa shape index (κ1) is 13.2. The second kappa shape index (κ2) is 5.17. The van der Waals surface area contributed by atoms with Gasteiger partial charge in [-0.3, -0.25) is 0 Å². The lowest BCUT2D eigenvalue weighted by Crippen LogP contribution is -1.96. The van der Waals surface area contributed by atoms with Gasteiger partial charge in [0.25, 0.3) is 0 Å². The van der Waals surface area contributed by atoms with Gasteiger partial charge in [-0.25, -0.2) is 0 Å². The summed E-state index contributed by atoms with van der Waals surface area (Å²) in [6, 6.07) is 6.89. The Balaban J connectivity index is 2.39. The van der Waals surface area contributed by atoms with Gasteiger partial charge in [0.05, 0.1) is 4.34 Å². The van der Waals surface area contributed by atoms with Gasteiger partial charge in [-0.2, -0.15) is 0 Å². The van der Waals surface area contributed by atoms with Gasteiger partial charge in [-0.05, 0) is 42.3 Å². The molecule has 1 heterocycles. The minimum absolute atomic E-state index is 0.505. The lowest BCUT2D eigenvalue weighted by atomic mass is 10.1. The molecule has 0 aliphatic rings. The molecule has 0 radical (unpaired) electrons. The third kappa shape index (κ3) is 2.95. The molecule has 0 fully saturated rings. The topological polar surface area (TPSA) is 20.2 Å². The Morgan fingerprint density at radius 1 is 1.06 bits per heavy atom. The van der Waals surface area contributed by atoms with E-state index in [1.807, 2.05) is 13.0 Å². The maximum Gasteiger partial charge on any atom is 0.113 e. The average Bonchev–Trinajstić information content (AvgIpc) is 2.57. The highest BCUT2D eigenvalue weighted by Gasteiger charge is 2.15. The molecule has 1 nitrogen and oxygen atoms in total. The van der Waals surface area contributed by atoms with Crippen LogP contribution in [0.3, 0.4) is 0 Å². The van der Waals surface area contributed by atoms with Crippen LogP contribution in [0.1, 0.15) is 22.1 Å². The van der Waals surface area contributed by atoms with Crippen LogP contribution in [-0.2, 0) is 0 Å². The van der Waals surface area contributed by atoms with Crippen LogP contribution in [0.25, 0.3) is 0 Å². The number of halogens is 3. The maximum absolute atomic E-state index is 10.2. The molecule has 17 heavy (non-hydrogen) atoms. The molecule has 0 amide bonds. The highest BCUT2D eigenvalue weighted by Crippen LogP contribution is 2.35. The molecule has 0 saturated heterocycles. The third-order valence-electron chi connectivity index (χ3n) is 2.35. The van der Waals surface area contributed by atoms with E-state index in [1.54, 1.807) is 18.2 Å². The second-order valence-corrected chi connectivity index (χ2v) is 6.27. The van der Waals surface area contributed by atoms with Gasteiger partial charge in [0, 0.05) is 14.9 Å². The van der Waals surface area contributed by atoms with Crippen LogP contribution >= 0.6 is 46.1 Å². The Morgan fingerprint density at radius 3 is 2.12 bits per heavy atom. The molecule has 0 spiro atoms. The Bertz CT molecular complexity index is 511. The van der Waals surface area contributed by atoms with Crippen LogP contribution in [0.2, 0.25) is 14.4 Å². The van der Waals surface area contributed by atoms with E-state index in [4.69, 9.17) is 34.8 Å². The van der Waals surface area contributed by atoms with Crippen molar-refractivity contribution in [1.82, 2.24) is 0 Å². The van der Waals surface area contributed by atoms with E-state index < -0.39 is 6.10 Å². The van der Waals surface area contributed by atoms with Gasteiger partial charge in [-0.15, -0.1) is 11.3 Å². The monoisotopic (exact) mass is 306 g/mol. The number of thiophene rings is 1. The lowest BCUT2D eigenvalue weighted by Gasteiger charge is -2.09. The summed E-state index contributed by atoms with van der Waals surface area (Å²) in [6.07, 6.45) is -0.748. The third-order valence-corrected chi connectivity index (χ3v) is 4.39. The molecule has 0 saturated carbocycles. The van der Waals surface area contributed by atoms with Gasteiger partial charge >= 0.3 is 0 Å². The first-order valence-corrected chi connectivity index (χ1v) is 6.82. The zero-order valence-electron chi connectivity index (χ0n) is 8.88. The highest BCUT2D eigenvalue weighted by molar-refractivity contribution is 7.16. The summed E-state index contributed by atoms with van der Waals surface area (Å²) < 4.78 is 0.687. The maximum atomic E-state index is 10.2. The number of aliphatic hydroxyl groups excluding tert-OH is 1. The molecule has 90 valence electrons. The number of rotatable bonds is 2. The molecule has 1 aromatic heterocycles. The molecule has 0 bridgehead atoms. The smallest absolute Gasteiger partial charge is 0.113 e. The zero-order chi connectivity index (χ0) is 12.6. The molecule has 1 atom stereocenters. The molecular weight excluding hydrogens is 299 g/mol. The van der Waals surface area contributed by atoms with Crippen molar-refractivity contribution in [1.29, 1.82) is 0 Å². The summed E-state index contributed by atoms with van der Waals surface area (Å²) in [6.45, 7) is 1.90. The second-order valence-electron chi connectivity index (χ2n) is 3.71. The van der Waals surface area contributed by atoms with E-state index in [0.717, 1.165) is 10.4 Å². The summed E-state index contributed by atoms with van der Waals surface area (Å²) in [7, 11) is 0. The van der Waals surface area contributed by atoms with E-state index in [0.29, 0.717) is 19.9 Å². The number of aliphatic hydroxyl groups is 1. The number of hydrogen-bond acceptors (Lipinski definition) is 2. The number of aryl methyl sites for hydroxylation is 1. The first-order valence-electron chi connectivity index (χ1n) is 4.87. The quantitative estimate of drug-likeness (QED) is 0.818. The van der Waals surface area contributed by atoms with Gasteiger partial charge < -0.3 is 5.11 Å². The minimum atomic E-state index is -0.748. The van der Waals surface area contributed by atoms with Crippen molar-refractivity contribution < 1.29 is 5.11 Å². The van der Waals surface area contributed by atoms with Crippen molar-refractivity contribution >= 4 is 46.1 Å². The fourth-order valence-electron chi connectivity index (χ4n) is 1.52. The zero-order valence-corrected chi connectivity index (χ0v) is 12.0. The fourth-order valence-corrected chi connectivity index (χ4v) is 3.29. The van der Waals surface area contributed by atoms with Gasteiger partial charge in [0.1, 0.15) is 6.10 Å². The molecule has 1 N–H and O–H groups in total. The van der Waals surface area contributed by atoms with Crippen molar-refractivity contribution in [2.75, 3.05) is 0 Å². The molecular formula is C12H9Cl3OS. The Kier molecular flexibility index (Phi) is 4.01. The largest absolute Gasteiger partial charge is 0.383 e. The Hall–Kier alpha value is -0.250. The van der Waals surface area contributed by atoms with E-state index in [9.17, 15) is 5.11 Å². The van der Waals surface area contributed by atoms with Crippen LogP contribution in [0.5, 0.6) is 0 Å². The molecule has 5 heteroatoms. The summed E-state index contributed by atoms with van der Waals surface area (Å²) >= 11 is 19.1. The van der Waals surface area contributed by atoms with Gasteiger partial charge in [-0.1, -0.05) is 34.8 Å². The number of benzene rings is 1. The van der Waals surface area contributed by atoms with Crippen molar-refractivity contribution in [3.8, 4) is 0 Å². The molecule has 2 rings (SSSR count). The van der Waals surface area contributed by atoms with E-state index in [2.05, 4.69) is 0 Å². The fraction of sp³-hybridized carbons (Fsp3) is 0.167. The Labute approximate surface area is 119 Å². The van der Waals surface area contributed by atoms with Crippen molar-refractivity contribution in [2.45, 2.75) is 13.0 Å². The lowest BCUT2D eigenvalue weighted by molar-refractivity contribution is 0.224. The molecule has 1 aromatic carbocycles. The van der Waals surface area contributed by atoms with Crippen LogP contribution in [0.15, 0.2) is 24.3 Å². The molecule has 1 unspecified atom stereocenters. The van der Waals surface area contributed by atoms with Crippen molar-refractivity contribution in [2.24, 2.45) is 0 Å². The predicted molar refractivity (Wildman–Crippen MR) is 74.6 cm³/mol. The summed E-state index contributed by atoms with van der Waals surface area (Å²) in [5, 5.41) is 11.2. The summed E-state index contributed by atoms with van der Waals surface area (Å²) in [5.74, 6) is 0. The molecule has 0 aliphatic carbocycles. The highest BCUT2D eigenvalue weighted by atomic mass is 35.5. The van der Waals surface area contributed by atoms with Crippen molar-refractivity contribution in [3.05, 3.63) is 54.7 Å². The van der Waals surface area contributed by atoms with Gasteiger partial charge in [0.2, 0.25) is 0 Å². The summed E-state index contributed by atoms with van der Waals surface area (Å²) in [5.41, 5.74) is 1.62. The van der Waals surface area contributed by atoms with E-state index in [1.165, 1.54) is 11.3 Å². The molecule has 2 aromatic rings. The standard InChI is InChI=1S/C12H9Cl3OS/c1-6-2-10(17-12(6)15)11(16)7-3-8(13)5-9(14)4-7/h2-5,11,16H,1H3. The number of hydrogen-bond donors (Lipinski definition) is 1. The first-order chi connectivity index (χ1) is 7.97. The predicted octanol–water partition coefficient (Wildman–Crippen LogP) is 5.10. The van der Waals surface area contributed by atoms with Gasteiger partial charge in [0.15, 0.2) is 0 Å². The van der Waals surface area contributed by atoms with Crippen LogP contribution < -0.4 is 0 Å². The minimum Gasteiger partial charge on any atom is -0.383 e. The SMILES string of the molecule is Cc1cc(C(O)c2cc(Cl)cc(Cl)c2)sc1Cl.